The Morgan fingerprint density at radius 1 is 1.10 bits per heavy atom. The van der Waals surface area contributed by atoms with Crippen molar-refractivity contribution in [1.82, 2.24) is 9.88 Å². The van der Waals surface area contributed by atoms with Gasteiger partial charge in [0.25, 0.3) is 0 Å². The Bertz CT molecular complexity index is 605. The van der Waals surface area contributed by atoms with E-state index in [-0.39, 0.29) is 0 Å². The maximum absolute atomic E-state index is 6.97. The summed E-state index contributed by atoms with van der Waals surface area (Å²) in [4.78, 5) is 10.4. The molecular formula is C18H19N3. The van der Waals surface area contributed by atoms with Crippen LogP contribution in [0, 0.1) is 6.57 Å². The lowest BCUT2D eigenvalue weighted by atomic mass is 9.93. The Kier molecular flexibility index (Phi) is 4.28. The van der Waals surface area contributed by atoms with Crippen LogP contribution < -0.4 is 0 Å². The summed E-state index contributed by atoms with van der Waals surface area (Å²) < 4.78 is 0. The first-order chi connectivity index (χ1) is 10.3. The largest absolute Gasteiger partial charge is 0.299 e. The highest BCUT2D eigenvalue weighted by atomic mass is 15.1. The van der Waals surface area contributed by atoms with Crippen molar-refractivity contribution < 1.29 is 0 Å². The second-order valence-corrected chi connectivity index (χ2v) is 5.59. The van der Waals surface area contributed by atoms with Crippen LogP contribution in [0.1, 0.15) is 30.0 Å². The predicted octanol–water partition coefficient (Wildman–Crippen LogP) is 4.01. The van der Waals surface area contributed by atoms with E-state index in [9.17, 15) is 0 Å². The summed E-state index contributed by atoms with van der Waals surface area (Å²) in [5.41, 5.74) is 3.15. The van der Waals surface area contributed by atoms with Gasteiger partial charge in [0.15, 0.2) is 0 Å². The smallest absolute Gasteiger partial charge is 0.205 e. The SMILES string of the molecule is [C-]#[N+]c1ccc(C2CCN(Cc3ccccc3)CC2)nc1. The van der Waals surface area contributed by atoms with Crippen LogP contribution in [0.4, 0.5) is 5.69 Å². The van der Waals surface area contributed by atoms with Crippen LogP contribution in [0.15, 0.2) is 48.7 Å². The number of piperidine rings is 1. The van der Waals surface area contributed by atoms with Crippen molar-refractivity contribution in [2.24, 2.45) is 0 Å². The maximum Gasteiger partial charge on any atom is 0.205 e. The molecule has 21 heavy (non-hydrogen) atoms. The minimum Gasteiger partial charge on any atom is -0.299 e. The number of nitrogens with zero attached hydrogens (tertiary/aromatic N) is 3. The average molecular weight is 277 g/mol. The zero-order chi connectivity index (χ0) is 14.5. The molecule has 3 nitrogen and oxygen atoms in total. The Morgan fingerprint density at radius 3 is 2.48 bits per heavy atom. The molecule has 0 spiro atoms. The van der Waals surface area contributed by atoms with E-state index in [1.807, 2.05) is 12.1 Å². The molecule has 1 saturated heterocycles. The molecule has 1 fully saturated rings. The van der Waals surface area contributed by atoms with Gasteiger partial charge in [-0.3, -0.25) is 9.88 Å². The van der Waals surface area contributed by atoms with Gasteiger partial charge in [-0.25, -0.2) is 4.85 Å². The third kappa shape index (κ3) is 3.48. The Hall–Kier alpha value is -2.18. The standard InChI is InChI=1S/C18H19N3/c1-19-17-7-8-18(20-13-17)16-9-11-21(12-10-16)14-15-5-3-2-4-6-15/h2-8,13,16H,9-12,14H2. The molecule has 0 bridgehead atoms. The maximum atomic E-state index is 6.97. The quantitative estimate of drug-likeness (QED) is 0.790. The number of rotatable bonds is 3. The lowest BCUT2D eigenvalue weighted by molar-refractivity contribution is 0.203. The molecule has 2 heterocycles. The molecule has 3 heteroatoms. The molecule has 0 unspecified atom stereocenters. The minimum absolute atomic E-state index is 0.539. The highest BCUT2D eigenvalue weighted by Gasteiger charge is 2.21. The van der Waals surface area contributed by atoms with Gasteiger partial charge in [0.2, 0.25) is 5.69 Å². The molecule has 1 aromatic heterocycles. The molecule has 1 aliphatic heterocycles. The van der Waals surface area contributed by atoms with Crippen molar-refractivity contribution in [3.05, 3.63) is 71.3 Å². The summed E-state index contributed by atoms with van der Waals surface area (Å²) in [5.74, 6) is 0.539. The van der Waals surface area contributed by atoms with Crippen LogP contribution in [0.25, 0.3) is 4.85 Å². The zero-order valence-electron chi connectivity index (χ0n) is 12.1. The minimum atomic E-state index is 0.539. The van der Waals surface area contributed by atoms with Gasteiger partial charge in [-0.1, -0.05) is 42.5 Å². The summed E-state index contributed by atoms with van der Waals surface area (Å²) in [5, 5.41) is 0. The van der Waals surface area contributed by atoms with E-state index in [1.165, 1.54) is 5.56 Å². The number of hydrogen-bond donors (Lipinski definition) is 0. The fraction of sp³-hybridized carbons (Fsp3) is 0.333. The highest BCUT2D eigenvalue weighted by Crippen LogP contribution is 2.28. The first-order valence-corrected chi connectivity index (χ1v) is 7.45. The van der Waals surface area contributed by atoms with Gasteiger partial charge in [-0.15, -0.1) is 0 Å². The van der Waals surface area contributed by atoms with E-state index in [4.69, 9.17) is 6.57 Å². The van der Waals surface area contributed by atoms with Crippen molar-refractivity contribution in [3.8, 4) is 0 Å². The van der Waals surface area contributed by atoms with Crippen molar-refractivity contribution >= 4 is 5.69 Å². The molecule has 0 atom stereocenters. The van der Waals surface area contributed by atoms with E-state index in [0.717, 1.165) is 38.2 Å². The molecular weight excluding hydrogens is 258 g/mol. The second kappa shape index (κ2) is 6.51. The normalized spacial score (nSPS) is 16.5. The number of aromatic nitrogens is 1. The molecule has 0 aliphatic carbocycles. The third-order valence-corrected chi connectivity index (χ3v) is 4.15. The van der Waals surface area contributed by atoms with Crippen molar-refractivity contribution in [3.63, 3.8) is 0 Å². The summed E-state index contributed by atoms with van der Waals surface area (Å²) in [6.07, 6.45) is 3.99. The summed E-state index contributed by atoms with van der Waals surface area (Å²) in [6, 6.07) is 14.5. The molecule has 0 saturated carbocycles. The number of hydrogen-bond acceptors (Lipinski definition) is 2. The number of benzene rings is 1. The first-order valence-electron chi connectivity index (χ1n) is 7.45. The molecule has 2 aromatic rings. The molecule has 0 N–H and O–H groups in total. The van der Waals surface area contributed by atoms with E-state index >= 15 is 0 Å². The fourth-order valence-corrected chi connectivity index (χ4v) is 2.93. The number of likely N-dealkylation sites (tertiary alicyclic amines) is 1. The van der Waals surface area contributed by atoms with Gasteiger partial charge in [0.1, 0.15) is 0 Å². The van der Waals surface area contributed by atoms with E-state index in [2.05, 4.69) is 45.1 Å². The van der Waals surface area contributed by atoms with Gasteiger partial charge in [0, 0.05) is 24.4 Å². The lowest BCUT2D eigenvalue weighted by Crippen LogP contribution is -2.32. The zero-order valence-corrected chi connectivity index (χ0v) is 12.1. The van der Waals surface area contributed by atoms with Gasteiger partial charge in [-0.2, -0.15) is 0 Å². The highest BCUT2D eigenvalue weighted by molar-refractivity contribution is 5.42. The van der Waals surface area contributed by atoms with E-state index in [1.54, 1.807) is 6.20 Å². The van der Waals surface area contributed by atoms with Gasteiger partial charge >= 0.3 is 0 Å². The van der Waals surface area contributed by atoms with Crippen LogP contribution in [0.2, 0.25) is 0 Å². The van der Waals surface area contributed by atoms with Crippen molar-refractivity contribution in [2.45, 2.75) is 25.3 Å². The molecule has 3 rings (SSSR count). The third-order valence-electron chi connectivity index (χ3n) is 4.15. The van der Waals surface area contributed by atoms with Gasteiger partial charge < -0.3 is 0 Å². The molecule has 106 valence electrons. The first kappa shape index (κ1) is 13.8. The van der Waals surface area contributed by atoms with Gasteiger partial charge in [-0.05, 0) is 31.5 Å². The number of pyridine rings is 1. The van der Waals surface area contributed by atoms with Crippen molar-refractivity contribution in [1.29, 1.82) is 0 Å². The summed E-state index contributed by atoms with van der Waals surface area (Å²) in [6.45, 7) is 10.2. The van der Waals surface area contributed by atoms with Crippen LogP contribution >= 0.6 is 0 Å². The average Bonchev–Trinajstić information content (AvgIpc) is 2.57. The summed E-state index contributed by atoms with van der Waals surface area (Å²) in [7, 11) is 0. The summed E-state index contributed by atoms with van der Waals surface area (Å²) >= 11 is 0. The molecule has 1 aliphatic rings. The predicted molar refractivity (Wildman–Crippen MR) is 84.2 cm³/mol. The molecule has 0 radical (unpaired) electrons. The second-order valence-electron chi connectivity index (χ2n) is 5.59. The molecule has 1 aromatic carbocycles. The van der Waals surface area contributed by atoms with Crippen molar-refractivity contribution in [2.75, 3.05) is 13.1 Å². The Labute approximate surface area is 126 Å². The van der Waals surface area contributed by atoms with Crippen LogP contribution in [0.3, 0.4) is 0 Å². The Balaban J connectivity index is 1.56. The topological polar surface area (TPSA) is 20.5 Å². The van der Waals surface area contributed by atoms with E-state index in [0.29, 0.717) is 11.6 Å². The Morgan fingerprint density at radius 2 is 1.86 bits per heavy atom. The monoisotopic (exact) mass is 277 g/mol. The van der Waals surface area contributed by atoms with Crippen LogP contribution in [0.5, 0.6) is 0 Å². The van der Waals surface area contributed by atoms with Crippen LogP contribution in [-0.4, -0.2) is 23.0 Å². The molecule has 0 amide bonds. The fourth-order valence-electron chi connectivity index (χ4n) is 2.93. The van der Waals surface area contributed by atoms with E-state index < -0.39 is 0 Å². The lowest BCUT2D eigenvalue weighted by Gasteiger charge is -2.31. The van der Waals surface area contributed by atoms with Gasteiger partial charge in [0.05, 0.1) is 6.57 Å². The van der Waals surface area contributed by atoms with Crippen LogP contribution in [-0.2, 0) is 6.54 Å².